The molecule has 0 aliphatic rings. The van der Waals surface area contributed by atoms with Gasteiger partial charge < -0.3 is 19.5 Å². The summed E-state index contributed by atoms with van der Waals surface area (Å²) in [4.78, 5) is 49.2. The highest BCUT2D eigenvalue weighted by atomic mass is 16.6. The van der Waals surface area contributed by atoms with Gasteiger partial charge in [-0.1, -0.05) is 187 Å². The molecule has 0 spiro atoms. The van der Waals surface area contributed by atoms with Gasteiger partial charge in [0.2, 0.25) is 0 Å². The number of ether oxygens (including phenoxy) is 3. The van der Waals surface area contributed by atoms with E-state index >= 15 is 0 Å². The molecule has 0 saturated carbocycles. The lowest BCUT2D eigenvalue weighted by molar-refractivity contribution is -0.157. The second-order valence-electron chi connectivity index (χ2n) is 16.3. The monoisotopic (exact) mass is 792 g/mol. The molecule has 0 rings (SSSR count). The van der Waals surface area contributed by atoms with Crippen LogP contribution in [0.15, 0.2) is 12.2 Å². The van der Waals surface area contributed by atoms with Crippen LogP contribution in [0.1, 0.15) is 247 Å². The number of carbonyl (C=O) groups excluding carboxylic acids is 4. The Morgan fingerprint density at radius 1 is 0.446 bits per heavy atom. The molecule has 8 nitrogen and oxygen atoms in total. The predicted octanol–water partition coefficient (Wildman–Crippen LogP) is 13.4. The van der Waals surface area contributed by atoms with E-state index in [1.165, 1.54) is 168 Å². The van der Waals surface area contributed by atoms with Crippen molar-refractivity contribution < 1.29 is 33.4 Å². The molecule has 3 atom stereocenters. The van der Waals surface area contributed by atoms with E-state index in [1.807, 2.05) is 0 Å². The zero-order valence-electron chi connectivity index (χ0n) is 37.3. The van der Waals surface area contributed by atoms with Gasteiger partial charge in [0.25, 0.3) is 5.91 Å². The number of unbranched alkanes of at least 4 members (excludes halogenated alkanes) is 28. The first-order valence-electron chi connectivity index (χ1n) is 23.6. The Labute approximate surface area is 345 Å². The number of rotatable bonds is 41. The van der Waals surface area contributed by atoms with E-state index in [0.717, 1.165) is 51.4 Å². The highest BCUT2D eigenvalue weighted by Crippen LogP contribution is 2.18. The van der Waals surface area contributed by atoms with E-state index in [-0.39, 0.29) is 6.61 Å². The van der Waals surface area contributed by atoms with Crippen LogP contribution in [0.25, 0.3) is 0 Å². The van der Waals surface area contributed by atoms with Gasteiger partial charge in [0.1, 0.15) is 18.8 Å². The van der Waals surface area contributed by atoms with Gasteiger partial charge >= 0.3 is 17.9 Å². The molecule has 1 N–H and O–H groups in total. The lowest BCUT2D eigenvalue weighted by Gasteiger charge is -2.29. The Balaban J connectivity index is 4.50. The van der Waals surface area contributed by atoms with Crippen LogP contribution in [-0.4, -0.2) is 48.7 Å². The number of amides is 1. The predicted molar refractivity (Wildman–Crippen MR) is 233 cm³/mol. The summed E-state index contributed by atoms with van der Waals surface area (Å²) in [6.45, 7) is 8.34. The van der Waals surface area contributed by atoms with E-state index in [9.17, 15) is 19.2 Å². The van der Waals surface area contributed by atoms with Gasteiger partial charge in [-0.3, -0.25) is 19.2 Å². The van der Waals surface area contributed by atoms with Gasteiger partial charge in [0.05, 0.1) is 0 Å². The van der Waals surface area contributed by atoms with E-state index < -0.39 is 42.1 Å². The maximum Gasteiger partial charge on any atom is 0.303 e. The molecule has 0 aromatic rings. The van der Waals surface area contributed by atoms with Crippen molar-refractivity contribution in [2.45, 2.75) is 265 Å². The lowest BCUT2D eigenvalue weighted by Crippen LogP contribution is -2.51. The maximum absolute atomic E-state index is 13.5. The van der Waals surface area contributed by atoms with E-state index in [1.54, 1.807) is 0 Å². The van der Waals surface area contributed by atoms with Gasteiger partial charge in [0.15, 0.2) is 6.10 Å². The molecule has 1 amide bonds. The Morgan fingerprint density at radius 3 is 1.21 bits per heavy atom. The molecule has 0 bridgehead atoms. The first kappa shape index (κ1) is 53.6. The van der Waals surface area contributed by atoms with Crippen molar-refractivity contribution in [3.8, 4) is 0 Å². The molecule has 0 saturated heterocycles. The van der Waals surface area contributed by atoms with Crippen molar-refractivity contribution in [3.63, 3.8) is 0 Å². The fraction of sp³-hybridized carbons (Fsp3) is 0.875. The molecular weight excluding hydrogens is 703 g/mol. The zero-order valence-corrected chi connectivity index (χ0v) is 37.3. The van der Waals surface area contributed by atoms with Crippen molar-refractivity contribution in [2.75, 3.05) is 6.61 Å². The summed E-state index contributed by atoms with van der Waals surface area (Å²) < 4.78 is 16.4. The molecule has 0 unspecified atom stereocenters. The average Bonchev–Trinajstić information content (AvgIpc) is 3.16. The normalized spacial score (nSPS) is 13.0. The lowest BCUT2D eigenvalue weighted by atomic mass is 10.0. The highest BCUT2D eigenvalue weighted by Gasteiger charge is 2.31. The van der Waals surface area contributed by atoms with Crippen LogP contribution in [0.5, 0.6) is 0 Å². The van der Waals surface area contributed by atoms with Gasteiger partial charge in [-0.15, -0.1) is 0 Å². The van der Waals surface area contributed by atoms with Crippen LogP contribution in [0.3, 0.4) is 0 Å². The number of hydrogen-bond donors (Lipinski definition) is 1. The number of nitrogens with one attached hydrogen (secondary N) is 1. The SMILES string of the molecule is CCCCC/C=C/CCCCCCCC[C@H](OC(C)=O)[C@H](COC(C)=O)NC(=O)[C@@H](CCCCCCCCCCCCCCCCCCCCCC)OC(C)=O. The Bertz CT molecular complexity index is 967. The summed E-state index contributed by atoms with van der Waals surface area (Å²) in [6, 6.07) is -0.743. The Hall–Kier alpha value is -2.38. The van der Waals surface area contributed by atoms with E-state index in [4.69, 9.17) is 14.2 Å². The van der Waals surface area contributed by atoms with Crippen molar-refractivity contribution in [3.05, 3.63) is 12.2 Å². The van der Waals surface area contributed by atoms with E-state index in [2.05, 4.69) is 31.3 Å². The van der Waals surface area contributed by atoms with Gasteiger partial charge in [-0.25, -0.2) is 0 Å². The molecule has 0 aliphatic heterocycles. The molecule has 0 fully saturated rings. The van der Waals surface area contributed by atoms with Crippen LogP contribution in [-0.2, 0) is 33.4 Å². The standard InChI is InChI=1S/C48H89NO7/c1-6-8-10-12-14-16-18-20-21-22-23-24-25-26-28-30-32-34-36-38-40-47(56-44(5)52)48(53)49-45(41-54-42(3)50)46(55-43(4)51)39-37-35-33-31-29-27-19-17-15-13-11-9-7-2/h15,17,45-47H,6-14,16,18-41H2,1-5H3,(H,49,53)/b17-15+/t45-,46-,47+/m0/s1. The third-order valence-corrected chi connectivity index (χ3v) is 10.7. The third-order valence-electron chi connectivity index (χ3n) is 10.7. The van der Waals surface area contributed by atoms with Crippen molar-refractivity contribution in [1.29, 1.82) is 0 Å². The summed E-state index contributed by atoms with van der Waals surface area (Å²) in [5.41, 5.74) is 0. The molecular formula is C48H89NO7. The molecule has 0 aromatic heterocycles. The third kappa shape index (κ3) is 37.2. The van der Waals surface area contributed by atoms with E-state index in [0.29, 0.717) is 12.8 Å². The molecule has 0 aliphatic carbocycles. The van der Waals surface area contributed by atoms with Crippen molar-refractivity contribution >= 4 is 23.8 Å². The minimum atomic E-state index is -0.952. The largest absolute Gasteiger partial charge is 0.464 e. The fourth-order valence-electron chi connectivity index (χ4n) is 7.37. The summed E-state index contributed by atoms with van der Waals surface area (Å²) in [5, 5.41) is 2.92. The summed E-state index contributed by atoms with van der Waals surface area (Å²) in [6.07, 6.45) is 42.4. The number of carbonyl (C=O) groups is 4. The van der Waals surface area contributed by atoms with Crippen molar-refractivity contribution in [1.82, 2.24) is 5.32 Å². The molecule has 0 aromatic carbocycles. The second-order valence-corrected chi connectivity index (χ2v) is 16.3. The quantitative estimate of drug-likeness (QED) is 0.0284. The molecule has 0 heterocycles. The number of allylic oxidation sites excluding steroid dienone is 2. The molecule has 328 valence electrons. The van der Waals surface area contributed by atoms with Crippen molar-refractivity contribution in [2.24, 2.45) is 0 Å². The first-order valence-corrected chi connectivity index (χ1v) is 23.6. The summed E-state index contributed by atoms with van der Waals surface area (Å²) in [5.74, 6) is -1.91. The van der Waals surface area contributed by atoms with Gasteiger partial charge in [-0.2, -0.15) is 0 Å². The van der Waals surface area contributed by atoms with Crippen LogP contribution in [0.2, 0.25) is 0 Å². The fourth-order valence-corrected chi connectivity index (χ4v) is 7.37. The smallest absolute Gasteiger partial charge is 0.303 e. The van der Waals surface area contributed by atoms with Crippen LogP contribution >= 0.6 is 0 Å². The average molecular weight is 792 g/mol. The Kier molecular flexibility index (Phi) is 39.1. The maximum atomic E-state index is 13.5. The Morgan fingerprint density at radius 2 is 0.804 bits per heavy atom. The molecule has 8 heteroatoms. The zero-order chi connectivity index (χ0) is 41.3. The minimum Gasteiger partial charge on any atom is -0.464 e. The van der Waals surface area contributed by atoms with Crippen LogP contribution in [0, 0.1) is 0 Å². The topological polar surface area (TPSA) is 108 Å². The molecule has 56 heavy (non-hydrogen) atoms. The van der Waals surface area contributed by atoms with Crippen LogP contribution in [0.4, 0.5) is 0 Å². The number of esters is 3. The molecule has 0 radical (unpaired) electrons. The minimum absolute atomic E-state index is 0.128. The van der Waals surface area contributed by atoms with Crippen LogP contribution < -0.4 is 5.32 Å². The number of hydrogen-bond acceptors (Lipinski definition) is 7. The summed E-state index contributed by atoms with van der Waals surface area (Å²) >= 11 is 0. The van der Waals surface area contributed by atoms with Gasteiger partial charge in [-0.05, 0) is 51.4 Å². The van der Waals surface area contributed by atoms with Gasteiger partial charge in [0, 0.05) is 20.8 Å². The summed E-state index contributed by atoms with van der Waals surface area (Å²) in [7, 11) is 0. The highest BCUT2D eigenvalue weighted by molar-refractivity contribution is 5.83. The first-order chi connectivity index (χ1) is 27.2. The second kappa shape index (κ2) is 40.8.